The van der Waals surface area contributed by atoms with Gasteiger partial charge in [0, 0.05) is 24.3 Å². The highest BCUT2D eigenvalue weighted by molar-refractivity contribution is 9.10. The highest BCUT2D eigenvalue weighted by Gasteiger charge is 2.17. The Hall–Kier alpha value is -0.230. The van der Waals surface area contributed by atoms with Crippen LogP contribution in [-0.2, 0) is 0 Å². The van der Waals surface area contributed by atoms with Crippen LogP contribution in [0.3, 0.4) is 0 Å². The molecule has 0 amide bonds. The summed E-state index contributed by atoms with van der Waals surface area (Å²) in [7, 11) is 0. The van der Waals surface area contributed by atoms with Crippen molar-refractivity contribution in [1.82, 2.24) is 0 Å². The van der Waals surface area contributed by atoms with E-state index in [1.807, 2.05) is 13.0 Å². The summed E-state index contributed by atoms with van der Waals surface area (Å²) in [6, 6.07) is 6.17. The smallest absolute Gasteiger partial charge is 0.123 e. The van der Waals surface area contributed by atoms with Gasteiger partial charge in [-0.05, 0) is 47.1 Å². The van der Waals surface area contributed by atoms with Crippen molar-refractivity contribution in [2.24, 2.45) is 0 Å². The zero-order valence-corrected chi connectivity index (χ0v) is 12.9. The second-order valence-corrected chi connectivity index (χ2v) is 6.62. The van der Waals surface area contributed by atoms with Crippen molar-refractivity contribution in [3.8, 4) is 0 Å². The van der Waals surface area contributed by atoms with Gasteiger partial charge in [-0.25, -0.2) is 4.39 Å². The number of aliphatic hydroxyl groups excluding tert-OH is 1. The number of aryl methyl sites for hydroxylation is 1. The fourth-order valence-corrected chi connectivity index (χ4v) is 3.52. The lowest BCUT2D eigenvalue weighted by Gasteiger charge is -2.11. The average molecular weight is 380 g/mol. The minimum Gasteiger partial charge on any atom is -0.383 e. The first-order valence-corrected chi connectivity index (χ1v) is 7.28. The Labute approximate surface area is 120 Å². The van der Waals surface area contributed by atoms with Gasteiger partial charge in [0.05, 0.1) is 0 Å². The first kappa shape index (κ1) is 13.2. The van der Waals surface area contributed by atoms with Crippen LogP contribution in [0.4, 0.5) is 4.39 Å². The van der Waals surface area contributed by atoms with Crippen molar-refractivity contribution in [2.45, 2.75) is 13.0 Å². The van der Waals surface area contributed by atoms with E-state index in [1.165, 1.54) is 23.5 Å². The topological polar surface area (TPSA) is 20.2 Å². The number of thiophene rings is 1. The fourth-order valence-electron chi connectivity index (χ4n) is 1.49. The molecule has 5 heteroatoms. The van der Waals surface area contributed by atoms with E-state index >= 15 is 0 Å². The van der Waals surface area contributed by atoms with Crippen LogP contribution in [0.5, 0.6) is 0 Å². The van der Waals surface area contributed by atoms with Crippen LogP contribution in [0.1, 0.15) is 21.4 Å². The number of hydrogen-bond acceptors (Lipinski definition) is 2. The molecule has 1 N–H and O–H groups in total. The van der Waals surface area contributed by atoms with Gasteiger partial charge in [-0.3, -0.25) is 0 Å². The Bertz CT molecular complexity index is 534. The van der Waals surface area contributed by atoms with Crippen molar-refractivity contribution in [3.05, 3.63) is 54.3 Å². The minimum absolute atomic E-state index is 0.352. The third-order valence-corrected chi connectivity index (χ3v) is 5.31. The lowest BCUT2D eigenvalue weighted by Crippen LogP contribution is -1.99. The molecule has 17 heavy (non-hydrogen) atoms. The van der Waals surface area contributed by atoms with Gasteiger partial charge in [-0.1, -0.05) is 15.9 Å². The summed E-state index contributed by atoms with van der Waals surface area (Å²) in [5, 5.41) is 10.2. The Morgan fingerprint density at radius 2 is 1.94 bits per heavy atom. The molecule has 1 aromatic carbocycles. The number of rotatable bonds is 2. The predicted molar refractivity (Wildman–Crippen MR) is 74.9 cm³/mol. The first-order chi connectivity index (χ1) is 7.99. The summed E-state index contributed by atoms with van der Waals surface area (Å²) in [4.78, 5) is 1.88. The summed E-state index contributed by atoms with van der Waals surface area (Å²) >= 11 is 8.21. The Morgan fingerprint density at radius 3 is 2.53 bits per heavy atom. The summed E-state index contributed by atoms with van der Waals surface area (Å²) in [5.74, 6) is -0.352. The molecule has 1 unspecified atom stereocenters. The molecule has 0 saturated carbocycles. The lowest BCUT2D eigenvalue weighted by atomic mass is 10.1. The van der Waals surface area contributed by atoms with Gasteiger partial charge in [0.1, 0.15) is 11.9 Å². The SMILES string of the molecule is Cc1sc(C(O)c2cc(F)ccc2Br)cc1Br. The standard InChI is InChI=1S/C12H9Br2FOS/c1-6-10(14)5-11(17-6)12(16)8-4-7(15)2-3-9(8)13/h2-5,12,16H,1H3. The van der Waals surface area contributed by atoms with Crippen molar-refractivity contribution in [3.63, 3.8) is 0 Å². The number of benzene rings is 1. The van der Waals surface area contributed by atoms with E-state index in [0.29, 0.717) is 10.0 Å². The van der Waals surface area contributed by atoms with Crippen LogP contribution >= 0.6 is 43.2 Å². The van der Waals surface area contributed by atoms with Gasteiger partial charge in [0.25, 0.3) is 0 Å². The molecular weight excluding hydrogens is 371 g/mol. The molecule has 0 aliphatic heterocycles. The summed E-state index contributed by atoms with van der Waals surface area (Å²) < 4.78 is 14.8. The molecule has 0 radical (unpaired) electrons. The highest BCUT2D eigenvalue weighted by atomic mass is 79.9. The minimum atomic E-state index is -0.810. The molecule has 1 aromatic heterocycles. The monoisotopic (exact) mass is 378 g/mol. The third-order valence-electron chi connectivity index (χ3n) is 2.40. The Balaban J connectivity index is 2.42. The fraction of sp³-hybridized carbons (Fsp3) is 0.167. The lowest BCUT2D eigenvalue weighted by molar-refractivity contribution is 0.223. The maximum absolute atomic E-state index is 13.2. The van der Waals surface area contributed by atoms with E-state index in [1.54, 1.807) is 6.07 Å². The van der Waals surface area contributed by atoms with Crippen molar-refractivity contribution in [2.75, 3.05) is 0 Å². The molecule has 90 valence electrons. The maximum atomic E-state index is 13.2. The van der Waals surface area contributed by atoms with Gasteiger partial charge >= 0.3 is 0 Å². The molecule has 0 saturated heterocycles. The number of halogens is 3. The van der Waals surface area contributed by atoms with Crippen LogP contribution in [0.15, 0.2) is 33.2 Å². The van der Waals surface area contributed by atoms with Gasteiger partial charge in [-0.2, -0.15) is 0 Å². The van der Waals surface area contributed by atoms with Crippen molar-refractivity contribution >= 4 is 43.2 Å². The second kappa shape index (κ2) is 5.18. The van der Waals surface area contributed by atoms with E-state index in [4.69, 9.17) is 0 Å². The molecule has 1 heterocycles. The molecule has 0 spiro atoms. The molecule has 0 aliphatic rings. The summed E-state index contributed by atoms with van der Waals surface area (Å²) in [5.41, 5.74) is 0.541. The van der Waals surface area contributed by atoms with Gasteiger partial charge in [0.15, 0.2) is 0 Å². The van der Waals surface area contributed by atoms with E-state index < -0.39 is 6.10 Å². The van der Waals surface area contributed by atoms with E-state index in [2.05, 4.69) is 31.9 Å². The molecule has 0 aliphatic carbocycles. The van der Waals surface area contributed by atoms with Gasteiger partial charge in [-0.15, -0.1) is 11.3 Å². The van der Waals surface area contributed by atoms with E-state index in [0.717, 1.165) is 14.2 Å². The largest absolute Gasteiger partial charge is 0.383 e. The molecule has 0 bridgehead atoms. The van der Waals surface area contributed by atoms with Crippen LogP contribution in [0.25, 0.3) is 0 Å². The third kappa shape index (κ3) is 2.78. The molecule has 2 rings (SSSR count). The van der Waals surface area contributed by atoms with Crippen LogP contribution in [0, 0.1) is 12.7 Å². The van der Waals surface area contributed by atoms with E-state index in [9.17, 15) is 9.50 Å². The average Bonchev–Trinajstić information content (AvgIpc) is 2.62. The zero-order valence-electron chi connectivity index (χ0n) is 8.88. The predicted octanol–water partition coefficient (Wildman–Crippen LogP) is 4.80. The van der Waals surface area contributed by atoms with Crippen LogP contribution in [-0.4, -0.2) is 5.11 Å². The Kier molecular flexibility index (Phi) is 4.02. The molecule has 1 atom stereocenters. The van der Waals surface area contributed by atoms with Crippen molar-refractivity contribution < 1.29 is 9.50 Å². The molecule has 0 fully saturated rings. The zero-order chi connectivity index (χ0) is 12.6. The molecule has 1 nitrogen and oxygen atoms in total. The summed E-state index contributed by atoms with van der Waals surface area (Å²) in [6.07, 6.45) is -0.810. The quantitative estimate of drug-likeness (QED) is 0.794. The first-order valence-electron chi connectivity index (χ1n) is 4.88. The highest BCUT2D eigenvalue weighted by Crippen LogP contribution is 2.36. The van der Waals surface area contributed by atoms with Crippen LogP contribution in [0.2, 0.25) is 0 Å². The maximum Gasteiger partial charge on any atom is 0.123 e. The molecule has 2 aromatic rings. The van der Waals surface area contributed by atoms with Crippen LogP contribution < -0.4 is 0 Å². The van der Waals surface area contributed by atoms with E-state index in [-0.39, 0.29) is 5.82 Å². The molecular formula is C12H9Br2FOS. The normalized spacial score (nSPS) is 12.8. The number of aliphatic hydroxyl groups is 1. The number of hydrogen-bond donors (Lipinski definition) is 1. The van der Waals surface area contributed by atoms with Gasteiger partial charge < -0.3 is 5.11 Å². The summed E-state index contributed by atoms with van der Waals surface area (Å²) in [6.45, 7) is 1.96. The second-order valence-electron chi connectivity index (χ2n) is 3.62. The Morgan fingerprint density at radius 1 is 1.24 bits per heavy atom. The van der Waals surface area contributed by atoms with Gasteiger partial charge in [0.2, 0.25) is 0 Å². The van der Waals surface area contributed by atoms with Crippen molar-refractivity contribution in [1.29, 1.82) is 0 Å².